The zero-order chi connectivity index (χ0) is 16.1. The van der Waals surface area contributed by atoms with Crippen LogP contribution in [0.1, 0.15) is 10.5 Å². The zero-order valence-corrected chi connectivity index (χ0v) is 12.5. The minimum atomic E-state index is -0.176. The highest BCUT2D eigenvalue weighted by atomic mass is 16.2. The third kappa shape index (κ3) is 3.18. The van der Waals surface area contributed by atoms with Gasteiger partial charge in [-0.15, -0.1) is 6.58 Å². The molecular formula is C18H16N4O. The fraction of sp³-hybridized carbons (Fsp3) is 0.0556. The molecule has 0 N–H and O–H groups in total. The van der Waals surface area contributed by atoms with Gasteiger partial charge in [0.2, 0.25) is 0 Å². The zero-order valence-electron chi connectivity index (χ0n) is 12.5. The maximum absolute atomic E-state index is 12.8. The van der Waals surface area contributed by atoms with Crippen LogP contribution in [0.25, 0.3) is 5.82 Å². The Labute approximate surface area is 134 Å². The Balaban J connectivity index is 1.94. The maximum atomic E-state index is 12.8. The topological polar surface area (TPSA) is 51.0 Å². The Kier molecular flexibility index (Phi) is 4.29. The van der Waals surface area contributed by atoms with E-state index in [-0.39, 0.29) is 5.91 Å². The number of benzene rings is 1. The summed E-state index contributed by atoms with van der Waals surface area (Å²) in [5, 5.41) is 4.14. The number of para-hydroxylation sites is 1. The molecule has 3 rings (SSSR count). The van der Waals surface area contributed by atoms with E-state index in [4.69, 9.17) is 0 Å². The Morgan fingerprint density at radius 1 is 1.13 bits per heavy atom. The number of pyridine rings is 1. The average molecular weight is 304 g/mol. The largest absolute Gasteiger partial charge is 0.303 e. The van der Waals surface area contributed by atoms with Gasteiger partial charge in [-0.05, 0) is 30.3 Å². The van der Waals surface area contributed by atoms with Crippen LogP contribution >= 0.6 is 0 Å². The van der Waals surface area contributed by atoms with E-state index < -0.39 is 0 Å². The molecule has 0 radical (unpaired) electrons. The minimum Gasteiger partial charge on any atom is -0.303 e. The molecule has 3 aromatic rings. The Morgan fingerprint density at radius 2 is 1.96 bits per heavy atom. The number of anilines is 1. The fourth-order valence-electron chi connectivity index (χ4n) is 2.26. The lowest BCUT2D eigenvalue weighted by Crippen LogP contribution is -2.31. The maximum Gasteiger partial charge on any atom is 0.277 e. The van der Waals surface area contributed by atoms with E-state index in [0.29, 0.717) is 18.1 Å². The number of carbonyl (C=O) groups excluding carboxylic acids is 1. The average Bonchev–Trinajstić information content (AvgIpc) is 3.15. The summed E-state index contributed by atoms with van der Waals surface area (Å²) in [6.07, 6.45) is 5.15. The van der Waals surface area contributed by atoms with Crippen molar-refractivity contribution < 1.29 is 4.79 Å². The number of carbonyl (C=O) groups is 1. The first kappa shape index (κ1) is 14.7. The van der Waals surface area contributed by atoms with Crippen LogP contribution in [-0.2, 0) is 0 Å². The molecule has 1 amide bonds. The molecule has 23 heavy (non-hydrogen) atoms. The number of hydrogen-bond acceptors (Lipinski definition) is 3. The van der Waals surface area contributed by atoms with Crippen molar-refractivity contribution in [1.29, 1.82) is 0 Å². The highest BCUT2D eigenvalue weighted by Crippen LogP contribution is 2.16. The van der Waals surface area contributed by atoms with Crippen molar-refractivity contribution in [2.45, 2.75) is 0 Å². The molecule has 0 aliphatic rings. The molecule has 0 fully saturated rings. The number of hydrogen-bond donors (Lipinski definition) is 0. The SMILES string of the molecule is C=CCN(C(=O)c1cccc(-n2cccn2)n1)c1ccccc1. The van der Waals surface area contributed by atoms with E-state index in [0.717, 1.165) is 5.69 Å². The molecule has 0 atom stereocenters. The quantitative estimate of drug-likeness (QED) is 0.681. The van der Waals surface area contributed by atoms with Gasteiger partial charge in [-0.25, -0.2) is 9.67 Å². The van der Waals surface area contributed by atoms with Gasteiger partial charge in [0.25, 0.3) is 5.91 Å². The van der Waals surface area contributed by atoms with Crippen LogP contribution in [0.15, 0.2) is 79.6 Å². The lowest BCUT2D eigenvalue weighted by molar-refractivity contribution is 0.0985. The van der Waals surface area contributed by atoms with Crippen molar-refractivity contribution in [3.63, 3.8) is 0 Å². The third-order valence-electron chi connectivity index (χ3n) is 3.32. The molecule has 5 nitrogen and oxygen atoms in total. The molecule has 0 saturated heterocycles. The predicted molar refractivity (Wildman–Crippen MR) is 89.7 cm³/mol. The lowest BCUT2D eigenvalue weighted by atomic mass is 10.2. The van der Waals surface area contributed by atoms with E-state index in [1.807, 2.05) is 42.5 Å². The van der Waals surface area contributed by atoms with Gasteiger partial charge in [0.1, 0.15) is 5.69 Å². The van der Waals surface area contributed by atoms with Gasteiger partial charge >= 0.3 is 0 Å². The molecule has 0 aliphatic heterocycles. The van der Waals surface area contributed by atoms with Gasteiger partial charge < -0.3 is 4.90 Å². The van der Waals surface area contributed by atoms with E-state index in [1.54, 1.807) is 40.2 Å². The van der Waals surface area contributed by atoms with E-state index in [1.165, 1.54) is 0 Å². The van der Waals surface area contributed by atoms with Crippen molar-refractivity contribution >= 4 is 11.6 Å². The Hall–Kier alpha value is -3.21. The van der Waals surface area contributed by atoms with Crippen molar-refractivity contribution in [3.8, 4) is 5.82 Å². The number of aromatic nitrogens is 3. The summed E-state index contributed by atoms with van der Waals surface area (Å²) < 4.78 is 1.62. The predicted octanol–water partition coefficient (Wildman–Crippen LogP) is 3.10. The molecule has 0 saturated carbocycles. The molecule has 0 bridgehead atoms. The molecule has 0 unspecified atom stereocenters. The minimum absolute atomic E-state index is 0.176. The van der Waals surface area contributed by atoms with Crippen LogP contribution in [0.5, 0.6) is 0 Å². The number of amides is 1. The molecule has 0 aliphatic carbocycles. The van der Waals surface area contributed by atoms with Crippen LogP contribution in [0.2, 0.25) is 0 Å². The first-order valence-electron chi connectivity index (χ1n) is 7.24. The molecule has 0 spiro atoms. The Bertz CT molecular complexity index is 797. The van der Waals surface area contributed by atoms with Gasteiger partial charge in [0.15, 0.2) is 5.82 Å². The van der Waals surface area contributed by atoms with Crippen LogP contribution in [-0.4, -0.2) is 27.2 Å². The van der Waals surface area contributed by atoms with Crippen LogP contribution in [0.3, 0.4) is 0 Å². The van der Waals surface area contributed by atoms with Crippen LogP contribution in [0, 0.1) is 0 Å². The summed E-state index contributed by atoms with van der Waals surface area (Å²) in [4.78, 5) is 18.9. The molecule has 2 heterocycles. The van der Waals surface area contributed by atoms with Gasteiger partial charge in [-0.1, -0.05) is 30.3 Å². The van der Waals surface area contributed by atoms with E-state index in [2.05, 4.69) is 16.7 Å². The lowest BCUT2D eigenvalue weighted by Gasteiger charge is -2.21. The second kappa shape index (κ2) is 6.70. The highest BCUT2D eigenvalue weighted by Gasteiger charge is 2.18. The smallest absolute Gasteiger partial charge is 0.277 e. The first-order chi connectivity index (χ1) is 11.3. The van der Waals surface area contributed by atoms with Crippen molar-refractivity contribution in [3.05, 3.63) is 85.3 Å². The second-order valence-corrected chi connectivity index (χ2v) is 4.87. The van der Waals surface area contributed by atoms with Gasteiger partial charge in [0, 0.05) is 24.6 Å². The first-order valence-corrected chi connectivity index (χ1v) is 7.24. The molecule has 5 heteroatoms. The van der Waals surface area contributed by atoms with Crippen molar-refractivity contribution in [2.75, 3.05) is 11.4 Å². The standard InChI is InChI=1S/C18H16N4O/c1-2-13-21(15-8-4-3-5-9-15)18(23)16-10-6-11-17(20-16)22-14-7-12-19-22/h2-12,14H,1,13H2. The van der Waals surface area contributed by atoms with Gasteiger partial charge in [0.05, 0.1) is 0 Å². The number of nitrogens with zero attached hydrogens (tertiary/aromatic N) is 4. The van der Waals surface area contributed by atoms with E-state index >= 15 is 0 Å². The summed E-state index contributed by atoms with van der Waals surface area (Å²) in [5.41, 5.74) is 1.17. The van der Waals surface area contributed by atoms with Crippen molar-refractivity contribution in [1.82, 2.24) is 14.8 Å². The highest BCUT2D eigenvalue weighted by molar-refractivity contribution is 6.05. The fourth-order valence-corrected chi connectivity index (χ4v) is 2.26. The molecule has 2 aromatic heterocycles. The summed E-state index contributed by atoms with van der Waals surface area (Å²) in [5.74, 6) is 0.428. The van der Waals surface area contributed by atoms with Crippen molar-refractivity contribution in [2.24, 2.45) is 0 Å². The molecular weight excluding hydrogens is 288 g/mol. The van der Waals surface area contributed by atoms with E-state index in [9.17, 15) is 4.79 Å². The number of rotatable bonds is 5. The monoisotopic (exact) mass is 304 g/mol. The summed E-state index contributed by atoms with van der Waals surface area (Å²) >= 11 is 0. The van der Waals surface area contributed by atoms with Crippen LogP contribution < -0.4 is 4.90 Å². The normalized spacial score (nSPS) is 10.3. The van der Waals surface area contributed by atoms with Crippen LogP contribution in [0.4, 0.5) is 5.69 Å². The second-order valence-electron chi connectivity index (χ2n) is 4.87. The molecule has 1 aromatic carbocycles. The summed E-state index contributed by atoms with van der Waals surface area (Å²) in [7, 11) is 0. The Morgan fingerprint density at radius 3 is 2.65 bits per heavy atom. The third-order valence-corrected chi connectivity index (χ3v) is 3.32. The van der Waals surface area contributed by atoms with Gasteiger partial charge in [-0.3, -0.25) is 4.79 Å². The summed E-state index contributed by atoms with van der Waals surface area (Å²) in [6.45, 7) is 4.15. The molecule has 114 valence electrons. The summed E-state index contributed by atoms with van der Waals surface area (Å²) in [6, 6.07) is 16.6. The van der Waals surface area contributed by atoms with Gasteiger partial charge in [-0.2, -0.15) is 5.10 Å².